The smallest absolute Gasteiger partial charge is 0.168 e. The zero-order chi connectivity index (χ0) is 13.0. The minimum Gasteiger partial charge on any atom is -0.389 e. The molecule has 3 nitrogen and oxygen atoms in total. The van der Waals surface area contributed by atoms with E-state index >= 15 is 0 Å². The minimum atomic E-state index is -0.530. The van der Waals surface area contributed by atoms with Crippen molar-refractivity contribution >= 4 is 0 Å². The normalized spacial score (nSPS) is 46.8. The fourth-order valence-electron chi connectivity index (χ4n) is 4.50. The molecule has 18 heavy (non-hydrogen) atoms. The Kier molecular flexibility index (Phi) is 2.82. The standard InChI is InChI=1S/C15H26O3/c1-11(2)15(16)7-5-13(3)4-6-14(10-12(13)15)17-8-9-18-14/h11-12,16H,4-10H2,1-3H3/t12-,13+,15-/m1/s1. The lowest BCUT2D eigenvalue weighted by atomic mass is 9.62. The summed E-state index contributed by atoms with van der Waals surface area (Å²) in [4.78, 5) is 0. The molecule has 3 heteroatoms. The molecule has 0 aromatic rings. The summed E-state index contributed by atoms with van der Waals surface area (Å²) in [6.07, 6.45) is 5.06. The lowest BCUT2D eigenvalue weighted by Crippen LogP contribution is -2.51. The van der Waals surface area contributed by atoms with E-state index in [1.807, 2.05) is 0 Å². The Labute approximate surface area is 110 Å². The van der Waals surface area contributed by atoms with Crippen LogP contribution in [0.4, 0.5) is 0 Å². The van der Waals surface area contributed by atoms with Crippen LogP contribution < -0.4 is 0 Å². The largest absolute Gasteiger partial charge is 0.389 e. The number of hydrogen-bond acceptors (Lipinski definition) is 3. The van der Waals surface area contributed by atoms with Crippen LogP contribution in [0, 0.1) is 17.3 Å². The van der Waals surface area contributed by atoms with Gasteiger partial charge >= 0.3 is 0 Å². The second-order valence-corrected chi connectivity index (χ2v) is 7.16. The number of hydrogen-bond donors (Lipinski definition) is 1. The maximum atomic E-state index is 11.1. The van der Waals surface area contributed by atoms with Crippen LogP contribution in [0.3, 0.4) is 0 Å². The first kappa shape index (κ1) is 12.9. The van der Waals surface area contributed by atoms with Crippen LogP contribution >= 0.6 is 0 Å². The summed E-state index contributed by atoms with van der Waals surface area (Å²) in [5.41, 5.74) is -0.253. The van der Waals surface area contributed by atoms with Crippen molar-refractivity contribution in [3.8, 4) is 0 Å². The molecule has 1 saturated heterocycles. The van der Waals surface area contributed by atoms with E-state index in [0.29, 0.717) is 25.0 Å². The number of ether oxygens (including phenoxy) is 2. The first-order valence-electron chi connectivity index (χ1n) is 7.41. The van der Waals surface area contributed by atoms with E-state index in [-0.39, 0.29) is 11.2 Å². The first-order valence-corrected chi connectivity index (χ1v) is 7.41. The average molecular weight is 254 g/mol. The van der Waals surface area contributed by atoms with Crippen molar-refractivity contribution in [1.29, 1.82) is 0 Å². The summed E-state index contributed by atoms with van der Waals surface area (Å²) in [5.74, 6) is 0.245. The van der Waals surface area contributed by atoms with Crippen molar-refractivity contribution in [1.82, 2.24) is 0 Å². The topological polar surface area (TPSA) is 38.7 Å². The molecule has 104 valence electrons. The highest BCUT2D eigenvalue weighted by atomic mass is 16.7. The summed E-state index contributed by atoms with van der Waals surface area (Å²) in [5, 5.41) is 11.1. The zero-order valence-electron chi connectivity index (χ0n) is 11.9. The molecule has 2 aliphatic carbocycles. The van der Waals surface area contributed by atoms with Crippen LogP contribution in [-0.4, -0.2) is 29.7 Å². The van der Waals surface area contributed by atoms with Gasteiger partial charge in [0, 0.05) is 12.8 Å². The van der Waals surface area contributed by atoms with Gasteiger partial charge in [-0.25, -0.2) is 0 Å². The van der Waals surface area contributed by atoms with E-state index in [4.69, 9.17) is 9.47 Å². The molecular formula is C15H26O3. The number of aliphatic hydroxyl groups is 1. The van der Waals surface area contributed by atoms with Gasteiger partial charge in [0.05, 0.1) is 18.8 Å². The summed E-state index contributed by atoms with van der Waals surface area (Å²) < 4.78 is 11.7. The highest BCUT2D eigenvalue weighted by molar-refractivity contribution is 5.09. The summed E-state index contributed by atoms with van der Waals surface area (Å²) in [6, 6.07) is 0. The highest BCUT2D eigenvalue weighted by Crippen LogP contribution is 2.61. The number of fused-ring (bicyclic) bond motifs is 1. The molecule has 3 atom stereocenters. The Morgan fingerprint density at radius 1 is 1.06 bits per heavy atom. The Hall–Kier alpha value is -0.120. The van der Waals surface area contributed by atoms with Crippen LogP contribution in [0.25, 0.3) is 0 Å². The molecule has 1 spiro atoms. The van der Waals surface area contributed by atoms with E-state index in [9.17, 15) is 5.11 Å². The third-order valence-corrected chi connectivity index (χ3v) is 5.95. The molecule has 1 aliphatic heterocycles. The van der Waals surface area contributed by atoms with Crippen molar-refractivity contribution in [3.63, 3.8) is 0 Å². The van der Waals surface area contributed by atoms with Gasteiger partial charge in [-0.05, 0) is 36.5 Å². The monoisotopic (exact) mass is 254 g/mol. The van der Waals surface area contributed by atoms with Gasteiger partial charge in [-0.1, -0.05) is 20.8 Å². The van der Waals surface area contributed by atoms with Crippen LogP contribution in [0.2, 0.25) is 0 Å². The Balaban J connectivity index is 1.89. The molecule has 0 aromatic carbocycles. The minimum absolute atomic E-state index is 0.277. The maximum Gasteiger partial charge on any atom is 0.168 e. The predicted octanol–water partition coefficient (Wildman–Crippen LogP) is 2.72. The SMILES string of the molecule is CC(C)[C@]1(O)CC[C@]2(C)CCC3(C[C@H]21)OCCO3. The van der Waals surface area contributed by atoms with Gasteiger partial charge in [-0.3, -0.25) is 0 Å². The Bertz CT molecular complexity index is 335. The fourth-order valence-corrected chi connectivity index (χ4v) is 4.50. The molecule has 2 saturated carbocycles. The van der Waals surface area contributed by atoms with Crippen molar-refractivity contribution < 1.29 is 14.6 Å². The molecule has 3 rings (SSSR count). The quantitative estimate of drug-likeness (QED) is 0.782. The summed E-state index contributed by atoms with van der Waals surface area (Å²) >= 11 is 0. The van der Waals surface area contributed by atoms with Crippen molar-refractivity contribution in [2.24, 2.45) is 17.3 Å². The van der Waals surface area contributed by atoms with Crippen molar-refractivity contribution in [2.75, 3.05) is 13.2 Å². The van der Waals surface area contributed by atoms with E-state index < -0.39 is 5.60 Å². The predicted molar refractivity (Wildman–Crippen MR) is 69.1 cm³/mol. The molecule has 0 amide bonds. The van der Waals surface area contributed by atoms with Gasteiger partial charge < -0.3 is 14.6 Å². The molecule has 0 bridgehead atoms. The van der Waals surface area contributed by atoms with Gasteiger partial charge in [0.25, 0.3) is 0 Å². The van der Waals surface area contributed by atoms with Crippen LogP contribution in [0.1, 0.15) is 52.9 Å². The molecule has 0 aromatic heterocycles. The second-order valence-electron chi connectivity index (χ2n) is 7.16. The van der Waals surface area contributed by atoms with Gasteiger partial charge in [-0.2, -0.15) is 0 Å². The summed E-state index contributed by atoms with van der Waals surface area (Å²) in [6.45, 7) is 8.06. The average Bonchev–Trinajstić information content (AvgIpc) is 2.88. The van der Waals surface area contributed by atoms with Crippen molar-refractivity contribution in [2.45, 2.75) is 64.3 Å². The van der Waals surface area contributed by atoms with E-state index in [1.165, 1.54) is 0 Å². The Morgan fingerprint density at radius 2 is 1.67 bits per heavy atom. The van der Waals surface area contributed by atoms with Gasteiger partial charge in [0.15, 0.2) is 5.79 Å². The molecule has 1 heterocycles. The molecule has 3 fully saturated rings. The molecule has 0 radical (unpaired) electrons. The molecule has 0 unspecified atom stereocenters. The second kappa shape index (κ2) is 3.94. The fraction of sp³-hybridized carbons (Fsp3) is 1.00. The zero-order valence-corrected chi connectivity index (χ0v) is 11.9. The lowest BCUT2D eigenvalue weighted by Gasteiger charge is -2.49. The van der Waals surface area contributed by atoms with E-state index in [1.54, 1.807) is 0 Å². The van der Waals surface area contributed by atoms with Crippen LogP contribution in [0.15, 0.2) is 0 Å². The molecule has 1 N–H and O–H groups in total. The van der Waals surface area contributed by atoms with Crippen LogP contribution in [0.5, 0.6) is 0 Å². The van der Waals surface area contributed by atoms with Crippen molar-refractivity contribution in [3.05, 3.63) is 0 Å². The third kappa shape index (κ3) is 1.67. The third-order valence-electron chi connectivity index (χ3n) is 5.95. The van der Waals surface area contributed by atoms with Gasteiger partial charge in [0.2, 0.25) is 0 Å². The van der Waals surface area contributed by atoms with Crippen LogP contribution in [-0.2, 0) is 9.47 Å². The highest BCUT2D eigenvalue weighted by Gasteiger charge is 2.61. The first-order chi connectivity index (χ1) is 8.40. The lowest BCUT2D eigenvalue weighted by molar-refractivity contribution is -0.222. The maximum absolute atomic E-state index is 11.1. The van der Waals surface area contributed by atoms with Gasteiger partial charge in [-0.15, -0.1) is 0 Å². The molecular weight excluding hydrogens is 228 g/mol. The molecule has 3 aliphatic rings. The summed E-state index contributed by atoms with van der Waals surface area (Å²) in [7, 11) is 0. The van der Waals surface area contributed by atoms with E-state index in [2.05, 4.69) is 20.8 Å². The van der Waals surface area contributed by atoms with E-state index in [0.717, 1.165) is 32.1 Å². The number of rotatable bonds is 1. The Morgan fingerprint density at radius 3 is 2.28 bits per heavy atom. The van der Waals surface area contributed by atoms with Gasteiger partial charge in [0.1, 0.15) is 0 Å².